The number of benzene rings is 3. The molecule has 3 aromatic carbocycles. The number of rotatable bonds is 3. The van der Waals surface area contributed by atoms with Gasteiger partial charge in [0.05, 0.1) is 0 Å². The zero-order chi connectivity index (χ0) is 16.6. The second-order valence-electron chi connectivity index (χ2n) is 5.75. The van der Waals surface area contributed by atoms with E-state index in [1.54, 1.807) is 25.1 Å². The Hall–Kier alpha value is -2.33. The summed E-state index contributed by atoms with van der Waals surface area (Å²) in [5, 5.41) is 1.98. The van der Waals surface area contributed by atoms with Crippen molar-refractivity contribution in [2.24, 2.45) is 0 Å². The molecule has 0 saturated heterocycles. The first kappa shape index (κ1) is 15.6. The number of aryl methyl sites for hydroxylation is 3. The van der Waals surface area contributed by atoms with Crippen molar-refractivity contribution in [3.63, 3.8) is 0 Å². The van der Waals surface area contributed by atoms with E-state index < -0.39 is 10.1 Å². The van der Waals surface area contributed by atoms with E-state index >= 15 is 0 Å². The van der Waals surface area contributed by atoms with Crippen LogP contribution >= 0.6 is 0 Å². The summed E-state index contributed by atoms with van der Waals surface area (Å²) in [6.45, 7) is 5.63. The SMILES string of the molecule is Cc1cc(C)c(S(=O)(=O)Oc2ccc3ccccc3c2)cc1C. The maximum Gasteiger partial charge on any atom is 0.339 e. The first-order valence-electron chi connectivity index (χ1n) is 7.38. The van der Waals surface area contributed by atoms with Gasteiger partial charge < -0.3 is 4.18 Å². The molecule has 0 atom stereocenters. The van der Waals surface area contributed by atoms with Crippen LogP contribution in [0.4, 0.5) is 0 Å². The van der Waals surface area contributed by atoms with Crippen molar-refractivity contribution >= 4 is 20.9 Å². The van der Waals surface area contributed by atoms with Crippen LogP contribution < -0.4 is 4.18 Å². The van der Waals surface area contributed by atoms with Crippen molar-refractivity contribution in [2.45, 2.75) is 25.7 Å². The van der Waals surface area contributed by atoms with Gasteiger partial charge >= 0.3 is 10.1 Å². The highest BCUT2D eigenvalue weighted by atomic mass is 32.2. The van der Waals surface area contributed by atoms with Crippen molar-refractivity contribution in [3.8, 4) is 5.75 Å². The van der Waals surface area contributed by atoms with Crippen LogP contribution in [-0.2, 0) is 10.1 Å². The maximum absolute atomic E-state index is 12.6. The van der Waals surface area contributed by atoms with Crippen LogP contribution in [0.3, 0.4) is 0 Å². The minimum absolute atomic E-state index is 0.216. The van der Waals surface area contributed by atoms with Gasteiger partial charge in [0.25, 0.3) is 0 Å². The molecule has 0 fully saturated rings. The molecule has 3 aromatic rings. The molecule has 3 rings (SSSR count). The van der Waals surface area contributed by atoms with E-state index in [2.05, 4.69) is 0 Å². The van der Waals surface area contributed by atoms with Crippen molar-refractivity contribution in [1.82, 2.24) is 0 Å². The summed E-state index contributed by atoms with van der Waals surface area (Å²) in [5.74, 6) is 0.321. The smallest absolute Gasteiger partial charge is 0.339 e. The lowest BCUT2D eigenvalue weighted by molar-refractivity contribution is 0.486. The summed E-state index contributed by atoms with van der Waals surface area (Å²) in [5.41, 5.74) is 2.68. The molecule has 0 spiro atoms. The Morgan fingerprint density at radius 2 is 1.39 bits per heavy atom. The fraction of sp³-hybridized carbons (Fsp3) is 0.158. The van der Waals surface area contributed by atoms with Gasteiger partial charge in [-0.2, -0.15) is 8.42 Å². The monoisotopic (exact) mass is 326 g/mol. The molecule has 0 radical (unpaired) electrons. The zero-order valence-corrected chi connectivity index (χ0v) is 14.1. The van der Waals surface area contributed by atoms with Gasteiger partial charge in [0.2, 0.25) is 0 Å². The summed E-state index contributed by atoms with van der Waals surface area (Å²) >= 11 is 0. The fourth-order valence-electron chi connectivity index (χ4n) is 2.59. The Labute approximate surface area is 136 Å². The van der Waals surface area contributed by atoms with E-state index in [-0.39, 0.29) is 4.90 Å². The first-order chi connectivity index (χ1) is 10.9. The van der Waals surface area contributed by atoms with Crippen molar-refractivity contribution < 1.29 is 12.6 Å². The van der Waals surface area contributed by atoms with E-state index in [4.69, 9.17) is 4.18 Å². The highest BCUT2D eigenvalue weighted by Gasteiger charge is 2.20. The number of fused-ring (bicyclic) bond motifs is 1. The lowest BCUT2D eigenvalue weighted by Gasteiger charge is -2.12. The lowest BCUT2D eigenvalue weighted by Crippen LogP contribution is -2.12. The van der Waals surface area contributed by atoms with Crippen LogP contribution in [0.5, 0.6) is 5.75 Å². The summed E-state index contributed by atoms with van der Waals surface area (Å²) in [6.07, 6.45) is 0. The molecular formula is C19H18O3S. The Balaban J connectivity index is 2.01. The van der Waals surface area contributed by atoms with Crippen LogP contribution in [0.1, 0.15) is 16.7 Å². The van der Waals surface area contributed by atoms with Crippen LogP contribution in [0, 0.1) is 20.8 Å². The Morgan fingerprint density at radius 3 is 2.13 bits per heavy atom. The third-order valence-electron chi connectivity index (χ3n) is 3.99. The van der Waals surface area contributed by atoms with Crippen LogP contribution in [0.15, 0.2) is 59.5 Å². The van der Waals surface area contributed by atoms with Crippen LogP contribution in [-0.4, -0.2) is 8.42 Å². The molecule has 3 nitrogen and oxygen atoms in total. The van der Waals surface area contributed by atoms with Crippen molar-refractivity contribution in [3.05, 3.63) is 71.3 Å². The molecule has 0 heterocycles. The maximum atomic E-state index is 12.6. The molecule has 0 aliphatic carbocycles. The Kier molecular flexibility index (Phi) is 3.86. The molecule has 0 aliphatic rings. The molecule has 0 bridgehead atoms. The summed E-state index contributed by atoms with van der Waals surface area (Å²) in [6, 6.07) is 16.6. The van der Waals surface area contributed by atoms with E-state index in [1.165, 1.54) is 0 Å². The highest BCUT2D eigenvalue weighted by Crippen LogP contribution is 2.26. The van der Waals surface area contributed by atoms with Crippen LogP contribution in [0.25, 0.3) is 10.8 Å². The average molecular weight is 326 g/mol. The molecule has 0 aromatic heterocycles. The van der Waals surface area contributed by atoms with Gasteiger partial charge in [-0.25, -0.2) is 0 Å². The molecule has 0 saturated carbocycles. The Morgan fingerprint density at radius 1 is 0.739 bits per heavy atom. The van der Waals surface area contributed by atoms with Gasteiger partial charge in [-0.05, 0) is 66.4 Å². The third-order valence-corrected chi connectivity index (χ3v) is 5.38. The quantitative estimate of drug-likeness (QED) is 0.664. The second kappa shape index (κ2) is 5.70. The van der Waals surface area contributed by atoms with Gasteiger partial charge in [0.1, 0.15) is 10.6 Å². The lowest BCUT2D eigenvalue weighted by atomic mass is 10.1. The number of hydrogen-bond acceptors (Lipinski definition) is 3. The van der Waals surface area contributed by atoms with E-state index in [9.17, 15) is 8.42 Å². The molecule has 23 heavy (non-hydrogen) atoms. The summed E-state index contributed by atoms with van der Waals surface area (Å²) < 4.78 is 30.5. The number of hydrogen-bond donors (Lipinski definition) is 0. The minimum Gasteiger partial charge on any atom is -0.379 e. The predicted molar refractivity (Wildman–Crippen MR) is 92.4 cm³/mol. The molecule has 118 valence electrons. The normalized spacial score (nSPS) is 11.6. The van der Waals surface area contributed by atoms with Crippen molar-refractivity contribution in [2.75, 3.05) is 0 Å². The van der Waals surface area contributed by atoms with E-state index in [1.807, 2.05) is 50.2 Å². The van der Waals surface area contributed by atoms with Gasteiger partial charge in [-0.3, -0.25) is 0 Å². The highest BCUT2D eigenvalue weighted by molar-refractivity contribution is 7.87. The minimum atomic E-state index is -3.85. The molecular weight excluding hydrogens is 308 g/mol. The summed E-state index contributed by atoms with van der Waals surface area (Å²) in [7, 11) is -3.85. The van der Waals surface area contributed by atoms with Gasteiger partial charge in [0, 0.05) is 0 Å². The third kappa shape index (κ3) is 3.08. The molecule has 0 amide bonds. The van der Waals surface area contributed by atoms with Gasteiger partial charge in [-0.1, -0.05) is 36.4 Å². The van der Waals surface area contributed by atoms with E-state index in [0.29, 0.717) is 11.3 Å². The zero-order valence-electron chi connectivity index (χ0n) is 13.3. The predicted octanol–water partition coefficient (Wildman–Crippen LogP) is 4.53. The summed E-state index contributed by atoms with van der Waals surface area (Å²) in [4.78, 5) is 0.216. The molecule has 0 N–H and O–H groups in total. The standard InChI is InChI=1S/C19H18O3S/c1-13-10-15(3)19(11-14(13)2)23(20,21)22-18-9-8-16-6-4-5-7-17(16)12-18/h4-12H,1-3H3. The van der Waals surface area contributed by atoms with Gasteiger partial charge in [-0.15, -0.1) is 0 Å². The van der Waals surface area contributed by atoms with Crippen LogP contribution in [0.2, 0.25) is 0 Å². The van der Waals surface area contributed by atoms with Crippen molar-refractivity contribution in [1.29, 1.82) is 0 Å². The molecule has 0 unspecified atom stereocenters. The second-order valence-corrected chi connectivity index (χ2v) is 7.26. The fourth-order valence-corrected chi connectivity index (χ4v) is 3.82. The topological polar surface area (TPSA) is 43.4 Å². The van der Waals surface area contributed by atoms with E-state index in [0.717, 1.165) is 21.9 Å². The first-order valence-corrected chi connectivity index (χ1v) is 8.79. The molecule has 4 heteroatoms. The Bertz CT molecular complexity index is 989. The average Bonchev–Trinajstić information content (AvgIpc) is 2.50. The van der Waals surface area contributed by atoms with Gasteiger partial charge in [0.15, 0.2) is 0 Å². The molecule has 0 aliphatic heterocycles. The largest absolute Gasteiger partial charge is 0.379 e.